The minimum absolute atomic E-state index is 0.0442. The van der Waals surface area contributed by atoms with Gasteiger partial charge < -0.3 is 15.2 Å². The summed E-state index contributed by atoms with van der Waals surface area (Å²) >= 11 is 0. The van der Waals surface area contributed by atoms with Crippen molar-refractivity contribution in [2.45, 2.75) is 43.0 Å². The molecule has 2 saturated heterocycles. The molecule has 2 aromatic rings. The van der Waals surface area contributed by atoms with Crippen molar-refractivity contribution in [3.05, 3.63) is 47.3 Å². The second-order valence-corrected chi connectivity index (χ2v) is 7.64. The highest BCUT2D eigenvalue weighted by Gasteiger charge is 2.58. The average molecular weight is 449 g/mol. The molecular weight excluding hydrogens is 432 g/mol. The predicted octanol–water partition coefficient (Wildman–Crippen LogP) is 3.33. The smallest absolute Gasteiger partial charge is 0.390 e. The Morgan fingerprint density at radius 2 is 1.90 bits per heavy atom. The van der Waals surface area contributed by atoms with Gasteiger partial charge >= 0.3 is 12.4 Å². The molecule has 0 radical (unpaired) electrons. The van der Waals surface area contributed by atoms with Crippen LogP contribution in [0.1, 0.15) is 29.3 Å². The van der Waals surface area contributed by atoms with E-state index in [4.69, 9.17) is 4.74 Å². The summed E-state index contributed by atoms with van der Waals surface area (Å²) in [5.74, 6) is -2.67. The predicted molar refractivity (Wildman–Crippen MR) is 93.8 cm³/mol. The summed E-state index contributed by atoms with van der Waals surface area (Å²) in [4.78, 5) is 13.0. The molecule has 0 spiro atoms. The largest absolute Gasteiger partial charge is 0.435 e. The number of amides is 1. The van der Waals surface area contributed by atoms with Gasteiger partial charge in [0, 0.05) is 30.8 Å². The Hall–Kier alpha value is -2.60. The highest BCUT2D eigenvalue weighted by Crippen LogP contribution is 2.50. The van der Waals surface area contributed by atoms with Crippen LogP contribution < -0.4 is 5.32 Å². The van der Waals surface area contributed by atoms with E-state index in [9.17, 15) is 36.2 Å². The number of nitrogens with zero attached hydrogens (tertiary/aromatic N) is 2. The molecule has 168 valence electrons. The van der Waals surface area contributed by atoms with Gasteiger partial charge in [-0.2, -0.15) is 31.4 Å². The van der Waals surface area contributed by atoms with Gasteiger partial charge in [-0.1, -0.05) is 6.07 Å². The number of nitrogens with one attached hydrogen (secondary N) is 1. The first-order valence-corrected chi connectivity index (χ1v) is 9.29. The number of fused-ring (bicyclic) bond motifs is 2. The molecule has 5 atom stereocenters. The number of ether oxygens (including phenoxy) is 1. The van der Waals surface area contributed by atoms with Gasteiger partial charge in [0.1, 0.15) is 0 Å². The molecular formula is C19H17F6N3O3. The molecule has 6 nitrogen and oxygen atoms in total. The van der Waals surface area contributed by atoms with Crippen molar-refractivity contribution < 1.29 is 41.0 Å². The Balaban J connectivity index is 1.64. The summed E-state index contributed by atoms with van der Waals surface area (Å²) in [5.41, 5.74) is -2.17. The van der Waals surface area contributed by atoms with E-state index in [2.05, 4.69) is 10.4 Å². The maximum absolute atomic E-state index is 13.1. The number of carbonyl (C=O) groups is 1. The fourth-order valence-corrected chi connectivity index (χ4v) is 4.33. The minimum atomic E-state index is -4.71. The van der Waals surface area contributed by atoms with Crippen LogP contribution in [0.4, 0.5) is 32.0 Å². The Morgan fingerprint density at radius 1 is 1.19 bits per heavy atom. The topological polar surface area (TPSA) is 76.4 Å². The van der Waals surface area contributed by atoms with E-state index in [0.717, 1.165) is 28.9 Å². The maximum Gasteiger partial charge on any atom is 0.435 e. The van der Waals surface area contributed by atoms with Crippen molar-refractivity contribution in [3.8, 4) is 0 Å². The number of alkyl halides is 6. The molecule has 1 amide bonds. The van der Waals surface area contributed by atoms with Crippen molar-refractivity contribution in [1.29, 1.82) is 0 Å². The second kappa shape index (κ2) is 7.23. The van der Waals surface area contributed by atoms with Crippen molar-refractivity contribution in [3.63, 3.8) is 0 Å². The molecule has 0 aliphatic carbocycles. The Bertz CT molecular complexity index is 1000. The minimum Gasteiger partial charge on any atom is -0.390 e. The number of hydrogen-bond acceptors (Lipinski definition) is 4. The van der Waals surface area contributed by atoms with Crippen LogP contribution in [0.3, 0.4) is 0 Å². The highest BCUT2D eigenvalue weighted by atomic mass is 19.4. The quantitative estimate of drug-likeness (QED) is 0.705. The number of carbonyl (C=O) groups excluding carboxylic acids is 1. The number of benzene rings is 1. The molecule has 2 N–H and O–H groups in total. The van der Waals surface area contributed by atoms with Gasteiger partial charge in [-0.15, -0.1) is 0 Å². The molecule has 31 heavy (non-hydrogen) atoms. The number of halogens is 6. The van der Waals surface area contributed by atoms with E-state index in [-0.39, 0.29) is 17.8 Å². The Labute approximate surface area is 171 Å². The standard InChI is InChI=1S/C19H17F6N3O3/c1-28-10(6-13(27-28)19(23,24)25)14-15(12-7-11(29)16(14)31-12)17(30)26-9-4-2-3-8(5-9)18(20,21)22/h2-6,11-12,14-16,29H,7H2,1H3,(H,26,30)/t11-,12+,14+,15-,16-/m0/s1. The number of aliphatic hydroxyl groups is 1. The summed E-state index contributed by atoms with van der Waals surface area (Å²) in [6.45, 7) is 0. The van der Waals surface area contributed by atoms with Crippen molar-refractivity contribution in [2.75, 3.05) is 5.32 Å². The van der Waals surface area contributed by atoms with E-state index in [1.807, 2.05) is 0 Å². The molecule has 4 rings (SSSR count). The molecule has 1 aromatic heterocycles. The van der Waals surface area contributed by atoms with Gasteiger partial charge in [0.05, 0.1) is 29.8 Å². The Kier molecular flexibility index (Phi) is 5.04. The molecule has 3 heterocycles. The van der Waals surface area contributed by atoms with Gasteiger partial charge in [0.2, 0.25) is 5.91 Å². The van der Waals surface area contributed by atoms with E-state index in [0.29, 0.717) is 0 Å². The third-order valence-electron chi connectivity index (χ3n) is 5.63. The molecule has 1 aromatic carbocycles. The van der Waals surface area contributed by atoms with Gasteiger partial charge in [0.15, 0.2) is 5.69 Å². The molecule has 2 aliphatic rings. The summed E-state index contributed by atoms with van der Waals surface area (Å²) in [6.07, 6.45) is -11.9. The lowest BCUT2D eigenvalue weighted by molar-refractivity contribution is -0.141. The molecule has 2 bridgehead atoms. The zero-order chi connectivity index (χ0) is 22.7. The molecule has 0 unspecified atom stereocenters. The molecule has 12 heteroatoms. The van der Waals surface area contributed by atoms with Gasteiger partial charge in [-0.3, -0.25) is 9.48 Å². The zero-order valence-corrected chi connectivity index (χ0v) is 15.9. The molecule has 2 fully saturated rings. The lowest BCUT2D eigenvalue weighted by Crippen LogP contribution is -2.41. The monoisotopic (exact) mass is 449 g/mol. The van der Waals surface area contributed by atoms with Crippen LogP contribution in [0.15, 0.2) is 30.3 Å². The van der Waals surface area contributed by atoms with E-state index >= 15 is 0 Å². The van der Waals surface area contributed by atoms with Crippen molar-refractivity contribution in [2.24, 2.45) is 13.0 Å². The lowest BCUT2D eigenvalue weighted by atomic mass is 9.75. The van der Waals surface area contributed by atoms with Crippen LogP contribution >= 0.6 is 0 Å². The highest BCUT2D eigenvalue weighted by molar-refractivity contribution is 5.94. The number of aromatic nitrogens is 2. The Morgan fingerprint density at radius 3 is 2.52 bits per heavy atom. The number of rotatable bonds is 3. The van der Waals surface area contributed by atoms with Gasteiger partial charge in [0.25, 0.3) is 0 Å². The van der Waals surface area contributed by atoms with E-state index in [1.165, 1.54) is 13.1 Å². The fraction of sp³-hybridized carbons (Fsp3) is 0.474. The van der Waals surface area contributed by atoms with Crippen LogP contribution in [0.2, 0.25) is 0 Å². The summed E-state index contributed by atoms with van der Waals surface area (Å²) < 4.78 is 84.7. The lowest BCUT2D eigenvalue weighted by Gasteiger charge is -2.29. The third kappa shape index (κ3) is 3.89. The van der Waals surface area contributed by atoms with Gasteiger partial charge in [-0.25, -0.2) is 0 Å². The van der Waals surface area contributed by atoms with Crippen LogP contribution in [-0.2, 0) is 28.9 Å². The van der Waals surface area contributed by atoms with Crippen molar-refractivity contribution >= 4 is 11.6 Å². The SMILES string of the molecule is Cn1nc(C(F)(F)F)cc1[C@H]1[C@H]2O[C@H](C[C@@H]2O)[C@@H]1C(=O)Nc1cccc(C(F)(F)F)c1. The molecule has 2 aliphatic heterocycles. The normalized spacial score (nSPS) is 28.2. The number of hydrogen-bond donors (Lipinski definition) is 2. The van der Waals surface area contributed by atoms with Crippen molar-refractivity contribution in [1.82, 2.24) is 9.78 Å². The number of aliphatic hydroxyl groups excluding tert-OH is 1. The van der Waals surface area contributed by atoms with E-state index < -0.39 is 59.7 Å². The summed E-state index contributed by atoms with van der Waals surface area (Å²) in [6, 6.07) is 4.82. The number of anilines is 1. The first-order valence-electron chi connectivity index (χ1n) is 9.29. The zero-order valence-electron chi connectivity index (χ0n) is 15.9. The van der Waals surface area contributed by atoms with Crippen LogP contribution in [0.5, 0.6) is 0 Å². The maximum atomic E-state index is 13.1. The first kappa shape index (κ1) is 21.6. The van der Waals surface area contributed by atoms with Crippen LogP contribution in [0, 0.1) is 5.92 Å². The fourth-order valence-electron chi connectivity index (χ4n) is 4.33. The van der Waals surface area contributed by atoms with Gasteiger partial charge in [-0.05, 0) is 24.3 Å². The second-order valence-electron chi connectivity index (χ2n) is 7.64. The summed E-state index contributed by atoms with van der Waals surface area (Å²) in [5, 5.41) is 16.0. The number of aryl methyl sites for hydroxylation is 1. The van der Waals surface area contributed by atoms with Crippen LogP contribution in [-0.4, -0.2) is 39.1 Å². The van der Waals surface area contributed by atoms with E-state index in [1.54, 1.807) is 0 Å². The molecule has 0 saturated carbocycles. The first-order chi connectivity index (χ1) is 14.4. The van der Waals surface area contributed by atoms with Crippen LogP contribution in [0.25, 0.3) is 0 Å². The average Bonchev–Trinajstić information content (AvgIpc) is 3.32. The summed E-state index contributed by atoms with van der Waals surface area (Å²) in [7, 11) is 1.28. The third-order valence-corrected chi connectivity index (χ3v) is 5.63.